The molecule has 1 N–H and O–H groups in total. The van der Waals surface area contributed by atoms with Gasteiger partial charge < -0.3 is 4.74 Å². The Hall–Kier alpha value is -3.43. The van der Waals surface area contributed by atoms with Gasteiger partial charge in [0, 0.05) is 4.88 Å². The van der Waals surface area contributed by atoms with Crippen molar-refractivity contribution in [1.82, 2.24) is 15.0 Å². The van der Waals surface area contributed by atoms with Crippen LogP contribution in [0.3, 0.4) is 0 Å². The van der Waals surface area contributed by atoms with E-state index in [2.05, 4.69) is 10.5 Å². The SMILES string of the molecule is COc1cccc(/C=N/NC(=O)CSc2nc3sc4c(c3c(=O)n2-c2ccccc2)CCCC4)c1. The molecular formula is C26H24N4O3S2. The number of benzene rings is 2. The van der Waals surface area contributed by atoms with Crippen LogP contribution in [-0.4, -0.2) is 34.5 Å². The van der Waals surface area contributed by atoms with Crippen LogP contribution in [0.4, 0.5) is 0 Å². The lowest BCUT2D eigenvalue weighted by Crippen LogP contribution is -2.24. The smallest absolute Gasteiger partial charge is 0.267 e. The Bertz CT molecular complexity index is 1460. The minimum atomic E-state index is -0.284. The minimum Gasteiger partial charge on any atom is -0.497 e. The normalized spacial score (nSPS) is 13.2. The largest absolute Gasteiger partial charge is 0.497 e. The summed E-state index contributed by atoms with van der Waals surface area (Å²) in [6, 6.07) is 16.8. The van der Waals surface area contributed by atoms with Crippen molar-refractivity contribution in [3.63, 3.8) is 0 Å². The minimum absolute atomic E-state index is 0.0699. The van der Waals surface area contributed by atoms with Gasteiger partial charge in [-0.15, -0.1) is 11.3 Å². The number of hydrogen-bond acceptors (Lipinski definition) is 7. The van der Waals surface area contributed by atoms with Crippen LogP contribution >= 0.6 is 23.1 Å². The molecular weight excluding hydrogens is 480 g/mol. The van der Waals surface area contributed by atoms with Gasteiger partial charge in [-0.2, -0.15) is 5.10 Å². The van der Waals surface area contributed by atoms with Gasteiger partial charge in [-0.3, -0.25) is 14.2 Å². The molecule has 1 aliphatic carbocycles. The van der Waals surface area contributed by atoms with Gasteiger partial charge in [0.2, 0.25) is 0 Å². The number of hydrazone groups is 1. The van der Waals surface area contributed by atoms with Gasteiger partial charge in [0.05, 0.1) is 30.2 Å². The lowest BCUT2D eigenvalue weighted by molar-refractivity contribution is -0.118. The molecule has 4 aromatic rings. The average Bonchev–Trinajstić information content (AvgIpc) is 3.27. The van der Waals surface area contributed by atoms with Crippen LogP contribution in [0, 0.1) is 0 Å². The number of thioether (sulfide) groups is 1. The molecule has 35 heavy (non-hydrogen) atoms. The predicted octanol–water partition coefficient (Wildman–Crippen LogP) is 4.58. The summed E-state index contributed by atoms with van der Waals surface area (Å²) >= 11 is 2.84. The number of aromatic nitrogens is 2. The van der Waals surface area contributed by atoms with Crippen LogP contribution in [0.1, 0.15) is 28.8 Å². The molecule has 0 saturated heterocycles. The first-order valence-corrected chi connectivity index (χ1v) is 13.2. The summed E-state index contributed by atoms with van der Waals surface area (Å²) in [6.07, 6.45) is 5.71. The van der Waals surface area contributed by atoms with Crippen LogP contribution in [0.5, 0.6) is 5.75 Å². The molecule has 0 saturated carbocycles. The van der Waals surface area contributed by atoms with Gasteiger partial charge in [-0.05, 0) is 61.1 Å². The van der Waals surface area contributed by atoms with E-state index in [1.54, 1.807) is 29.2 Å². The summed E-state index contributed by atoms with van der Waals surface area (Å²) in [6.45, 7) is 0. The number of methoxy groups -OCH3 is 1. The molecule has 178 valence electrons. The fourth-order valence-corrected chi connectivity index (χ4v) is 6.26. The molecule has 0 radical (unpaired) electrons. The van der Waals surface area contributed by atoms with Crippen LogP contribution in [0.2, 0.25) is 0 Å². The number of carbonyl (C=O) groups excluding carboxylic acids is 1. The number of rotatable bonds is 7. The number of ether oxygens (including phenoxy) is 1. The number of nitrogens with zero attached hydrogens (tertiary/aromatic N) is 3. The number of thiophene rings is 1. The third kappa shape index (κ3) is 5.01. The second-order valence-electron chi connectivity index (χ2n) is 8.12. The molecule has 1 aliphatic rings. The van der Waals surface area contributed by atoms with Crippen molar-refractivity contribution in [3.8, 4) is 11.4 Å². The second-order valence-corrected chi connectivity index (χ2v) is 10.1. The van der Waals surface area contributed by atoms with Gasteiger partial charge in [0.15, 0.2) is 5.16 Å². The van der Waals surface area contributed by atoms with Crippen molar-refractivity contribution < 1.29 is 9.53 Å². The van der Waals surface area contributed by atoms with Gasteiger partial charge in [-0.25, -0.2) is 10.4 Å². The van der Waals surface area contributed by atoms with Crippen molar-refractivity contribution >= 4 is 45.4 Å². The number of nitrogens with one attached hydrogen (secondary N) is 1. The number of fused-ring (bicyclic) bond motifs is 3. The fourth-order valence-electron chi connectivity index (χ4n) is 4.15. The summed E-state index contributed by atoms with van der Waals surface area (Å²) in [5, 5.41) is 5.27. The van der Waals surface area contributed by atoms with Crippen LogP contribution in [0.25, 0.3) is 15.9 Å². The van der Waals surface area contributed by atoms with Crippen LogP contribution < -0.4 is 15.7 Å². The van der Waals surface area contributed by atoms with E-state index in [4.69, 9.17) is 9.72 Å². The highest BCUT2D eigenvalue weighted by molar-refractivity contribution is 7.99. The summed E-state index contributed by atoms with van der Waals surface area (Å²) in [7, 11) is 1.60. The highest BCUT2D eigenvalue weighted by Gasteiger charge is 2.23. The Morgan fingerprint density at radius 2 is 2.03 bits per heavy atom. The Morgan fingerprint density at radius 3 is 2.86 bits per heavy atom. The molecule has 0 aliphatic heterocycles. The number of para-hydroxylation sites is 1. The molecule has 2 heterocycles. The maximum atomic E-state index is 13.7. The molecule has 0 fully saturated rings. The lowest BCUT2D eigenvalue weighted by Gasteiger charge is -2.13. The second kappa shape index (κ2) is 10.5. The Labute approximate surface area is 210 Å². The number of aryl methyl sites for hydroxylation is 2. The van der Waals surface area contributed by atoms with E-state index in [-0.39, 0.29) is 17.2 Å². The van der Waals surface area contributed by atoms with Gasteiger partial charge >= 0.3 is 0 Å². The maximum Gasteiger partial charge on any atom is 0.267 e. The third-order valence-electron chi connectivity index (χ3n) is 5.80. The molecule has 7 nitrogen and oxygen atoms in total. The predicted molar refractivity (Wildman–Crippen MR) is 141 cm³/mol. The molecule has 1 amide bonds. The van der Waals surface area contributed by atoms with Crippen molar-refractivity contribution in [3.05, 3.63) is 81.0 Å². The molecule has 0 spiro atoms. The summed E-state index contributed by atoms with van der Waals surface area (Å²) in [5.41, 5.74) is 5.18. The summed E-state index contributed by atoms with van der Waals surface area (Å²) < 4.78 is 6.82. The standard InChI is InChI=1S/C26H24N4O3S2/c1-33-19-11-7-8-17(14-19)15-27-29-22(31)16-34-26-28-24-23(20-12-5-6-13-21(20)35-24)25(32)30(26)18-9-3-2-4-10-18/h2-4,7-11,14-15H,5-6,12-13,16H2,1H3,(H,29,31)/b27-15+. The molecule has 0 unspecified atom stereocenters. The first kappa shape index (κ1) is 23.3. The first-order chi connectivity index (χ1) is 17.1. The van der Waals surface area contributed by atoms with E-state index in [0.717, 1.165) is 52.7 Å². The monoisotopic (exact) mass is 504 g/mol. The van der Waals surface area contributed by atoms with E-state index in [9.17, 15) is 9.59 Å². The van der Waals surface area contributed by atoms with Crippen molar-refractivity contribution in [2.45, 2.75) is 30.8 Å². The van der Waals surface area contributed by atoms with E-state index in [1.807, 2.05) is 54.6 Å². The van der Waals surface area contributed by atoms with E-state index >= 15 is 0 Å². The van der Waals surface area contributed by atoms with E-state index in [1.165, 1.54) is 16.6 Å². The summed E-state index contributed by atoms with van der Waals surface area (Å²) in [5.74, 6) is 0.505. The highest BCUT2D eigenvalue weighted by atomic mass is 32.2. The first-order valence-electron chi connectivity index (χ1n) is 11.4. The third-order valence-corrected chi connectivity index (χ3v) is 7.93. The maximum absolute atomic E-state index is 13.7. The van der Waals surface area contributed by atoms with Gasteiger partial charge in [0.1, 0.15) is 10.6 Å². The quantitative estimate of drug-likeness (QED) is 0.172. The highest BCUT2D eigenvalue weighted by Crippen LogP contribution is 2.35. The van der Waals surface area contributed by atoms with E-state index < -0.39 is 0 Å². The van der Waals surface area contributed by atoms with Crippen molar-refractivity contribution in [2.24, 2.45) is 5.10 Å². The van der Waals surface area contributed by atoms with Crippen LogP contribution in [0.15, 0.2) is 69.6 Å². The molecule has 0 atom stereocenters. The Balaban J connectivity index is 1.39. The lowest BCUT2D eigenvalue weighted by atomic mass is 9.97. The number of carbonyl (C=O) groups is 1. The van der Waals surface area contributed by atoms with Gasteiger partial charge in [0.25, 0.3) is 11.5 Å². The topological polar surface area (TPSA) is 85.6 Å². The van der Waals surface area contributed by atoms with Gasteiger partial charge in [-0.1, -0.05) is 42.1 Å². The Morgan fingerprint density at radius 1 is 1.20 bits per heavy atom. The van der Waals surface area contributed by atoms with Crippen molar-refractivity contribution in [2.75, 3.05) is 12.9 Å². The number of amides is 1. The fraction of sp³-hybridized carbons (Fsp3) is 0.231. The zero-order valence-electron chi connectivity index (χ0n) is 19.2. The molecule has 9 heteroatoms. The van der Waals surface area contributed by atoms with E-state index in [0.29, 0.717) is 10.9 Å². The average molecular weight is 505 g/mol. The number of hydrogen-bond donors (Lipinski definition) is 1. The Kier molecular flexibility index (Phi) is 6.96. The zero-order valence-corrected chi connectivity index (χ0v) is 20.8. The molecule has 5 rings (SSSR count). The molecule has 2 aromatic heterocycles. The van der Waals surface area contributed by atoms with Crippen LogP contribution in [-0.2, 0) is 17.6 Å². The van der Waals surface area contributed by atoms with Crippen molar-refractivity contribution in [1.29, 1.82) is 0 Å². The summed E-state index contributed by atoms with van der Waals surface area (Å²) in [4.78, 5) is 33.1. The molecule has 0 bridgehead atoms. The zero-order chi connectivity index (χ0) is 24.2. The molecule has 2 aromatic carbocycles.